The van der Waals surface area contributed by atoms with Crippen molar-refractivity contribution in [3.8, 4) is 10.6 Å². The third-order valence-corrected chi connectivity index (χ3v) is 7.75. The van der Waals surface area contributed by atoms with Gasteiger partial charge in [0.1, 0.15) is 17.1 Å². The highest BCUT2D eigenvalue weighted by atomic mass is 32.1. The Morgan fingerprint density at radius 3 is 2.53 bits per heavy atom. The lowest BCUT2D eigenvalue weighted by molar-refractivity contribution is 0.0606. The van der Waals surface area contributed by atoms with Crippen molar-refractivity contribution in [2.24, 2.45) is 5.41 Å². The highest BCUT2D eigenvalue weighted by Crippen LogP contribution is 2.31. The Bertz CT molecular complexity index is 1140. The Balaban J connectivity index is 1.98. The standard InChI is InChI=1S/C23H31N3O4SSi/c1-23(2,3)20(27)15-13-26(14-30-10-11-32(5,6)7)21-19(15)25-16(12-24-21)17-8-9-18(31-17)22(28)29-4/h8-9,12-13H,10-11,14H2,1-7H3. The van der Waals surface area contributed by atoms with Gasteiger partial charge in [0.25, 0.3) is 0 Å². The van der Waals surface area contributed by atoms with E-state index in [2.05, 4.69) is 24.6 Å². The van der Waals surface area contributed by atoms with E-state index in [1.165, 1.54) is 18.4 Å². The fourth-order valence-corrected chi connectivity index (χ4v) is 4.70. The van der Waals surface area contributed by atoms with Crippen LogP contribution in [0.15, 0.2) is 24.5 Å². The number of fused-ring (bicyclic) bond motifs is 1. The number of hydrogen-bond donors (Lipinski definition) is 0. The second-order valence-electron chi connectivity index (χ2n) is 10.0. The fourth-order valence-electron chi connectivity index (χ4n) is 3.07. The van der Waals surface area contributed by atoms with E-state index in [-0.39, 0.29) is 11.8 Å². The number of ketones is 1. The maximum absolute atomic E-state index is 13.2. The van der Waals surface area contributed by atoms with Crippen LogP contribution in [0.2, 0.25) is 25.7 Å². The summed E-state index contributed by atoms with van der Waals surface area (Å²) in [5.74, 6) is -0.392. The molecule has 32 heavy (non-hydrogen) atoms. The van der Waals surface area contributed by atoms with Crippen LogP contribution >= 0.6 is 11.3 Å². The maximum Gasteiger partial charge on any atom is 0.348 e. The van der Waals surface area contributed by atoms with Crippen molar-refractivity contribution in [1.29, 1.82) is 0 Å². The van der Waals surface area contributed by atoms with Crippen molar-refractivity contribution in [3.05, 3.63) is 35.0 Å². The van der Waals surface area contributed by atoms with E-state index in [9.17, 15) is 9.59 Å². The van der Waals surface area contributed by atoms with Gasteiger partial charge in [-0.3, -0.25) is 4.79 Å². The zero-order valence-electron chi connectivity index (χ0n) is 19.8. The summed E-state index contributed by atoms with van der Waals surface area (Å²) in [6, 6.07) is 4.59. The first-order chi connectivity index (χ1) is 14.9. The number of thiophene rings is 1. The molecule has 0 atom stereocenters. The molecule has 0 radical (unpaired) electrons. The van der Waals surface area contributed by atoms with E-state index < -0.39 is 13.5 Å². The van der Waals surface area contributed by atoms with E-state index in [0.29, 0.717) is 40.6 Å². The summed E-state index contributed by atoms with van der Waals surface area (Å²) in [4.78, 5) is 35.6. The third-order valence-electron chi connectivity index (χ3n) is 4.96. The van der Waals surface area contributed by atoms with Crippen molar-refractivity contribution in [2.75, 3.05) is 13.7 Å². The van der Waals surface area contributed by atoms with Gasteiger partial charge < -0.3 is 14.0 Å². The van der Waals surface area contributed by atoms with Crippen LogP contribution in [0.25, 0.3) is 21.7 Å². The highest BCUT2D eigenvalue weighted by Gasteiger charge is 2.28. The summed E-state index contributed by atoms with van der Waals surface area (Å²) in [5, 5.41) is 0. The minimum Gasteiger partial charge on any atom is -0.465 e. The van der Waals surface area contributed by atoms with Gasteiger partial charge in [0.15, 0.2) is 11.4 Å². The Kier molecular flexibility index (Phi) is 7.02. The van der Waals surface area contributed by atoms with E-state index in [0.717, 1.165) is 10.9 Å². The molecule has 3 heterocycles. The van der Waals surface area contributed by atoms with Gasteiger partial charge in [0, 0.05) is 26.3 Å². The first-order valence-corrected chi connectivity index (χ1v) is 15.1. The molecule has 7 nitrogen and oxygen atoms in total. The molecular formula is C23H31N3O4SSi. The van der Waals surface area contributed by atoms with E-state index in [4.69, 9.17) is 14.5 Å². The maximum atomic E-state index is 13.2. The number of rotatable bonds is 8. The van der Waals surface area contributed by atoms with Gasteiger partial charge >= 0.3 is 5.97 Å². The average Bonchev–Trinajstić information content (AvgIpc) is 3.33. The smallest absolute Gasteiger partial charge is 0.348 e. The van der Waals surface area contributed by atoms with Crippen molar-refractivity contribution in [2.45, 2.75) is 53.2 Å². The second-order valence-corrected chi connectivity index (χ2v) is 16.7. The predicted octanol–water partition coefficient (Wildman–Crippen LogP) is 5.49. The molecule has 0 fully saturated rings. The number of nitrogens with zero attached hydrogens (tertiary/aromatic N) is 3. The molecule has 0 aliphatic heterocycles. The molecule has 0 saturated heterocycles. The summed E-state index contributed by atoms with van der Waals surface area (Å²) in [5.41, 5.74) is 1.73. The van der Waals surface area contributed by atoms with Crippen LogP contribution in [0.4, 0.5) is 0 Å². The number of hydrogen-bond acceptors (Lipinski definition) is 7. The number of carbonyl (C=O) groups is 2. The lowest BCUT2D eigenvalue weighted by Gasteiger charge is -2.16. The molecule has 0 spiro atoms. The molecule has 0 unspecified atom stereocenters. The van der Waals surface area contributed by atoms with Crippen molar-refractivity contribution in [1.82, 2.24) is 14.5 Å². The van der Waals surface area contributed by atoms with Crippen LogP contribution < -0.4 is 0 Å². The molecule has 3 aromatic rings. The third kappa shape index (κ3) is 5.51. The largest absolute Gasteiger partial charge is 0.465 e. The lowest BCUT2D eigenvalue weighted by Crippen LogP contribution is -2.22. The van der Waals surface area contributed by atoms with Crippen molar-refractivity contribution >= 4 is 42.3 Å². The summed E-state index contributed by atoms with van der Waals surface area (Å²) in [6.07, 6.45) is 3.46. The van der Waals surface area contributed by atoms with Gasteiger partial charge in [0.05, 0.1) is 29.4 Å². The Morgan fingerprint density at radius 1 is 1.19 bits per heavy atom. The van der Waals surface area contributed by atoms with Crippen LogP contribution in [-0.2, 0) is 16.2 Å². The van der Waals surface area contributed by atoms with E-state index in [1.54, 1.807) is 18.5 Å². The molecule has 0 aliphatic rings. The Labute approximate surface area is 193 Å². The van der Waals surface area contributed by atoms with Crippen molar-refractivity contribution in [3.63, 3.8) is 0 Å². The van der Waals surface area contributed by atoms with Crippen LogP contribution in [0.1, 0.15) is 40.8 Å². The van der Waals surface area contributed by atoms with Gasteiger partial charge in [-0.05, 0) is 18.2 Å². The zero-order chi connectivity index (χ0) is 23.7. The molecule has 0 bridgehead atoms. The van der Waals surface area contributed by atoms with Crippen LogP contribution in [0.5, 0.6) is 0 Å². The summed E-state index contributed by atoms with van der Waals surface area (Å²) in [7, 11) is 0.165. The summed E-state index contributed by atoms with van der Waals surface area (Å²) < 4.78 is 12.6. The minimum absolute atomic E-state index is 0.00349. The minimum atomic E-state index is -1.19. The molecule has 172 valence electrons. The molecule has 0 amide bonds. The zero-order valence-corrected chi connectivity index (χ0v) is 21.6. The topological polar surface area (TPSA) is 83.3 Å². The number of methoxy groups -OCH3 is 1. The van der Waals surface area contributed by atoms with Gasteiger partial charge in [-0.25, -0.2) is 14.8 Å². The molecule has 3 aromatic heterocycles. The van der Waals surface area contributed by atoms with Gasteiger partial charge in [-0.15, -0.1) is 11.3 Å². The van der Waals surface area contributed by atoms with Crippen molar-refractivity contribution < 1.29 is 19.1 Å². The molecule has 3 rings (SSSR count). The van der Waals surface area contributed by atoms with E-state index >= 15 is 0 Å². The summed E-state index contributed by atoms with van der Waals surface area (Å²) >= 11 is 1.28. The molecule has 0 N–H and O–H groups in total. The average molecular weight is 474 g/mol. The van der Waals surface area contributed by atoms with Gasteiger partial charge in [-0.1, -0.05) is 40.4 Å². The number of aromatic nitrogens is 3. The first-order valence-electron chi connectivity index (χ1n) is 10.6. The van der Waals surface area contributed by atoms with Gasteiger partial charge in [-0.2, -0.15) is 0 Å². The van der Waals surface area contributed by atoms with Crippen LogP contribution in [-0.4, -0.2) is 48.1 Å². The number of carbonyl (C=O) groups excluding carboxylic acids is 2. The molecular weight excluding hydrogens is 442 g/mol. The van der Waals surface area contributed by atoms with Gasteiger partial charge in [0.2, 0.25) is 0 Å². The second kappa shape index (κ2) is 9.25. The monoisotopic (exact) mass is 473 g/mol. The SMILES string of the molecule is COC(=O)c1ccc(-c2cnc3c(n2)c(C(=O)C(C)(C)C)cn3COCC[Si](C)(C)C)s1. The normalized spacial score (nSPS) is 12.3. The highest BCUT2D eigenvalue weighted by molar-refractivity contribution is 7.17. The molecule has 9 heteroatoms. The van der Waals surface area contributed by atoms with Crippen LogP contribution in [0.3, 0.4) is 0 Å². The van der Waals surface area contributed by atoms with E-state index in [1.807, 2.05) is 31.4 Å². The molecule has 0 saturated carbocycles. The first kappa shape index (κ1) is 24.3. The molecule has 0 aliphatic carbocycles. The fraction of sp³-hybridized carbons (Fsp3) is 0.478. The molecule has 0 aromatic carbocycles. The number of ether oxygens (including phenoxy) is 2. The lowest BCUT2D eigenvalue weighted by atomic mass is 9.87. The quantitative estimate of drug-likeness (QED) is 0.186. The number of esters is 1. The predicted molar refractivity (Wildman–Crippen MR) is 130 cm³/mol. The Morgan fingerprint density at radius 2 is 1.91 bits per heavy atom. The summed E-state index contributed by atoms with van der Waals surface area (Å²) in [6.45, 7) is 13.6. The number of Topliss-reactive ketones (excluding diaryl/α,β-unsaturated/α-hetero) is 1. The van der Waals surface area contributed by atoms with Crippen LogP contribution in [0, 0.1) is 5.41 Å². The Hall–Kier alpha value is -2.36.